The lowest BCUT2D eigenvalue weighted by Crippen LogP contribution is -2.06. The van der Waals surface area contributed by atoms with Crippen LogP contribution in [0.3, 0.4) is 0 Å². The summed E-state index contributed by atoms with van der Waals surface area (Å²) in [6.07, 6.45) is 1.24. The normalized spacial score (nSPS) is 12.9. The van der Waals surface area contributed by atoms with Crippen molar-refractivity contribution >= 4 is 28.4 Å². The van der Waals surface area contributed by atoms with Gasteiger partial charge in [-0.2, -0.15) is 13.2 Å². The Labute approximate surface area is 182 Å². The molecule has 1 aromatic heterocycles. The number of carbonyl (C=O) groups is 1. The number of ether oxygens (including phenoxy) is 1. The van der Waals surface area contributed by atoms with Crippen molar-refractivity contribution in [1.29, 1.82) is 0 Å². The van der Waals surface area contributed by atoms with E-state index in [2.05, 4.69) is 4.98 Å². The van der Waals surface area contributed by atoms with E-state index in [4.69, 9.17) is 14.9 Å². The number of hydrogen-bond acceptors (Lipinski definition) is 6. The van der Waals surface area contributed by atoms with E-state index in [0.29, 0.717) is 29.2 Å². The molecule has 0 atom stereocenters. The van der Waals surface area contributed by atoms with E-state index in [1.165, 1.54) is 18.3 Å². The molecule has 2 rings (SSSR count). The minimum atomic E-state index is -4.40. The highest BCUT2D eigenvalue weighted by molar-refractivity contribution is 7.99. The molecule has 0 aliphatic carbocycles. The summed E-state index contributed by atoms with van der Waals surface area (Å²) in [5.41, 5.74) is 0.0568. The second-order valence-corrected chi connectivity index (χ2v) is 7.94. The van der Waals surface area contributed by atoms with Gasteiger partial charge in [0.05, 0.1) is 24.3 Å². The topological polar surface area (TPSA) is 79.7 Å². The quantitative estimate of drug-likeness (QED) is 0.203. The van der Waals surface area contributed by atoms with Crippen LogP contribution in [0.5, 0.6) is 0 Å². The smallest absolute Gasteiger partial charge is 0.416 e. The number of hydrogen-bond donors (Lipinski definition) is 2. The van der Waals surface area contributed by atoms with Crippen molar-refractivity contribution in [3.8, 4) is 0 Å². The SMILES string of the molecule is C/C(=C\C(=O)/C(=C\O)OCCCCCSc1ccnc2cc(C(F)(F)F)ccc12)CO. The summed E-state index contributed by atoms with van der Waals surface area (Å²) in [5.74, 6) is 0.0757. The predicted molar refractivity (Wildman–Crippen MR) is 114 cm³/mol. The van der Waals surface area contributed by atoms with Crippen LogP contribution in [0.2, 0.25) is 0 Å². The Morgan fingerprint density at radius 1 is 1.23 bits per heavy atom. The van der Waals surface area contributed by atoms with Crippen molar-refractivity contribution in [2.75, 3.05) is 19.0 Å². The molecule has 9 heteroatoms. The molecular formula is C22H24F3NO4S. The number of pyridine rings is 1. The Morgan fingerprint density at radius 2 is 2.00 bits per heavy atom. The Bertz CT molecular complexity index is 957. The number of nitrogens with zero attached hydrogens (tertiary/aromatic N) is 1. The van der Waals surface area contributed by atoms with Crippen LogP contribution in [-0.2, 0) is 15.7 Å². The maximum absolute atomic E-state index is 12.9. The van der Waals surface area contributed by atoms with E-state index in [1.807, 2.05) is 0 Å². The number of unbranched alkanes of at least 4 members (excludes halogenated alkanes) is 2. The zero-order chi connectivity index (χ0) is 22.9. The highest BCUT2D eigenvalue weighted by Crippen LogP contribution is 2.33. The molecule has 2 N–H and O–H groups in total. The largest absolute Gasteiger partial charge is 0.512 e. The highest BCUT2D eigenvalue weighted by Gasteiger charge is 2.30. The fourth-order valence-electron chi connectivity index (χ4n) is 2.68. The molecule has 31 heavy (non-hydrogen) atoms. The Morgan fingerprint density at radius 3 is 2.68 bits per heavy atom. The number of thioether (sulfide) groups is 1. The monoisotopic (exact) mass is 455 g/mol. The third-order valence-corrected chi connectivity index (χ3v) is 5.48. The molecule has 0 amide bonds. The standard InChI is InChI=1S/C22H24F3NO4S/c1-15(13-27)11-19(29)20(14-28)30-9-3-2-4-10-31-21-7-8-26-18-12-16(22(23,24)25)5-6-17(18)21/h5-8,11-12,14,27-28H,2-4,9-10,13H2,1H3/b15-11+,20-14+. The third kappa shape index (κ3) is 7.59. The van der Waals surface area contributed by atoms with E-state index >= 15 is 0 Å². The van der Waals surface area contributed by atoms with Gasteiger partial charge in [-0.15, -0.1) is 11.8 Å². The number of halogens is 3. The van der Waals surface area contributed by atoms with Gasteiger partial charge in [-0.1, -0.05) is 6.07 Å². The van der Waals surface area contributed by atoms with Gasteiger partial charge in [0.15, 0.2) is 0 Å². The molecule has 0 fully saturated rings. The van der Waals surface area contributed by atoms with E-state index in [0.717, 1.165) is 35.6 Å². The molecular weight excluding hydrogens is 431 g/mol. The van der Waals surface area contributed by atoms with Gasteiger partial charge in [-0.25, -0.2) is 0 Å². The van der Waals surface area contributed by atoms with Crippen molar-refractivity contribution in [1.82, 2.24) is 4.98 Å². The minimum absolute atomic E-state index is 0.177. The summed E-state index contributed by atoms with van der Waals surface area (Å²) < 4.78 is 43.9. The summed E-state index contributed by atoms with van der Waals surface area (Å²) in [4.78, 5) is 16.8. The number of aliphatic hydroxyl groups excluding tert-OH is 2. The van der Waals surface area contributed by atoms with Crippen LogP contribution in [-0.4, -0.2) is 39.9 Å². The molecule has 0 aliphatic heterocycles. The number of aromatic nitrogens is 1. The Hall–Kier alpha value is -2.52. The average Bonchev–Trinajstić information content (AvgIpc) is 2.74. The van der Waals surface area contributed by atoms with Gasteiger partial charge < -0.3 is 14.9 Å². The van der Waals surface area contributed by atoms with Crippen LogP contribution in [0.25, 0.3) is 10.9 Å². The van der Waals surface area contributed by atoms with Gasteiger partial charge in [-0.05, 0) is 61.8 Å². The van der Waals surface area contributed by atoms with Crippen LogP contribution >= 0.6 is 11.8 Å². The fraction of sp³-hybridized carbons (Fsp3) is 0.364. The van der Waals surface area contributed by atoms with Gasteiger partial charge in [0, 0.05) is 16.5 Å². The van der Waals surface area contributed by atoms with Gasteiger partial charge in [-0.3, -0.25) is 9.78 Å². The predicted octanol–water partition coefficient (Wildman–Crippen LogP) is 5.44. The lowest BCUT2D eigenvalue weighted by Gasteiger charge is -2.10. The van der Waals surface area contributed by atoms with Gasteiger partial charge >= 0.3 is 6.18 Å². The molecule has 1 aromatic carbocycles. The highest BCUT2D eigenvalue weighted by atomic mass is 32.2. The van der Waals surface area contributed by atoms with E-state index in [1.54, 1.807) is 24.8 Å². The number of rotatable bonds is 11. The fourth-order valence-corrected chi connectivity index (χ4v) is 3.74. The lowest BCUT2D eigenvalue weighted by atomic mass is 10.1. The number of allylic oxidation sites excluding steroid dienone is 1. The number of ketones is 1. The first-order valence-corrected chi connectivity index (χ1v) is 10.6. The second-order valence-electron chi connectivity index (χ2n) is 6.80. The molecule has 0 saturated carbocycles. The van der Waals surface area contributed by atoms with E-state index < -0.39 is 17.5 Å². The first-order chi connectivity index (χ1) is 14.8. The number of benzene rings is 1. The molecule has 0 aliphatic rings. The van der Waals surface area contributed by atoms with Crippen LogP contribution in [0.4, 0.5) is 13.2 Å². The van der Waals surface area contributed by atoms with Gasteiger partial charge in [0.25, 0.3) is 0 Å². The zero-order valence-corrected chi connectivity index (χ0v) is 17.8. The molecule has 5 nitrogen and oxygen atoms in total. The lowest BCUT2D eigenvalue weighted by molar-refractivity contribution is -0.137. The van der Waals surface area contributed by atoms with E-state index in [9.17, 15) is 18.0 Å². The van der Waals surface area contributed by atoms with Crippen molar-refractivity contribution in [2.24, 2.45) is 0 Å². The summed E-state index contributed by atoms with van der Waals surface area (Å²) in [6, 6.07) is 5.36. The van der Waals surface area contributed by atoms with Crippen molar-refractivity contribution in [3.05, 3.63) is 59.7 Å². The number of alkyl halides is 3. The summed E-state index contributed by atoms with van der Waals surface area (Å²) in [7, 11) is 0. The molecule has 1 heterocycles. The van der Waals surface area contributed by atoms with Crippen molar-refractivity contribution in [3.63, 3.8) is 0 Å². The van der Waals surface area contributed by atoms with Crippen LogP contribution in [0, 0.1) is 0 Å². The Kier molecular flexibility index (Phi) is 9.39. The second kappa shape index (κ2) is 11.8. The molecule has 168 valence electrons. The molecule has 0 spiro atoms. The van der Waals surface area contributed by atoms with Crippen molar-refractivity contribution < 1.29 is 32.9 Å². The Balaban J connectivity index is 1.78. The molecule has 0 bridgehead atoms. The van der Waals surface area contributed by atoms with Crippen LogP contribution in [0.15, 0.2) is 59.0 Å². The van der Waals surface area contributed by atoms with E-state index in [-0.39, 0.29) is 19.0 Å². The number of fused-ring (bicyclic) bond motifs is 1. The average molecular weight is 455 g/mol. The molecule has 0 unspecified atom stereocenters. The molecule has 2 aromatic rings. The van der Waals surface area contributed by atoms with Gasteiger partial charge in [0.2, 0.25) is 11.5 Å². The van der Waals surface area contributed by atoms with Crippen LogP contribution < -0.4 is 0 Å². The first-order valence-electron chi connectivity index (χ1n) is 9.64. The minimum Gasteiger partial charge on any atom is -0.512 e. The maximum Gasteiger partial charge on any atom is 0.416 e. The zero-order valence-electron chi connectivity index (χ0n) is 17.0. The summed E-state index contributed by atoms with van der Waals surface area (Å²) in [6.45, 7) is 1.59. The number of aliphatic hydroxyl groups is 2. The number of carbonyl (C=O) groups excluding carboxylic acids is 1. The summed E-state index contributed by atoms with van der Waals surface area (Å²) in [5, 5.41) is 18.7. The maximum atomic E-state index is 12.9. The third-order valence-electron chi connectivity index (χ3n) is 4.32. The van der Waals surface area contributed by atoms with Crippen LogP contribution in [0.1, 0.15) is 31.7 Å². The molecule has 0 saturated heterocycles. The first kappa shape index (κ1) is 24.7. The van der Waals surface area contributed by atoms with Crippen molar-refractivity contribution in [2.45, 2.75) is 37.3 Å². The van der Waals surface area contributed by atoms with Gasteiger partial charge in [0.1, 0.15) is 6.26 Å². The summed E-state index contributed by atoms with van der Waals surface area (Å²) >= 11 is 1.55. The molecule has 0 radical (unpaired) electrons.